The standard InChI is InChI=1S/C9H12N2O4S/c1-11(15-2)16(13,14)8-5-3-4-7(6-8)9(10)12/h3-6H,1-2H3,(H2,10,12). The van der Waals surface area contributed by atoms with Crippen molar-refractivity contribution < 1.29 is 18.0 Å². The highest BCUT2D eigenvalue weighted by Crippen LogP contribution is 2.15. The van der Waals surface area contributed by atoms with Gasteiger partial charge in [0.25, 0.3) is 10.0 Å². The predicted octanol–water partition coefficient (Wildman–Crippen LogP) is -0.0326. The third-order valence-corrected chi connectivity index (χ3v) is 3.69. The molecule has 0 heterocycles. The Hall–Kier alpha value is -1.44. The van der Waals surface area contributed by atoms with Crippen LogP contribution >= 0.6 is 0 Å². The molecule has 0 aromatic heterocycles. The second kappa shape index (κ2) is 4.60. The molecule has 1 amide bonds. The largest absolute Gasteiger partial charge is 0.366 e. The lowest BCUT2D eigenvalue weighted by Crippen LogP contribution is -2.26. The van der Waals surface area contributed by atoms with Gasteiger partial charge in [-0.2, -0.15) is 0 Å². The van der Waals surface area contributed by atoms with E-state index < -0.39 is 15.9 Å². The molecular weight excluding hydrogens is 232 g/mol. The van der Waals surface area contributed by atoms with Crippen LogP contribution in [0.3, 0.4) is 0 Å². The molecule has 0 saturated heterocycles. The van der Waals surface area contributed by atoms with Gasteiger partial charge in [0, 0.05) is 12.6 Å². The van der Waals surface area contributed by atoms with E-state index in [2.05, 4.69) is 4.84 Å². The summed E-state index contributed by atoms with van der Waals surface area (Å²) in [5.41, 5.74) is 5.19. The van der Waals surface area contributed by atoms with Crippen molar-refractivity contribution in [2.45, 2.75) is 4.90 Å². The first-order chi connectivity index (χ1) is 7.39. The van der Waals surface area contributed by atoms with Gasteiger partial charge in [-0.05, 0) is 18.2 Å². The summed E-state index contributed by atoms with van der Waals surface area (Å²) < 4.78 is 24.3. The molecule has 88 valence electrons. The molecule has 0 atom stereocenters. The van der Waals surface area contributed by atoms with Crippen LogP contribution in [0, 0.1) is 0 Å². The molecule has 0 bridgehead atoms. The molecule has 0 aliphatic carbocycles. The van der Waals surface area contributed by atoms with Crippen LogP contribution in [-0.4, -0.2) is 33.0 Å². The summed E-state index contributed by atoms with van der Waals surface area (Å²) >= 11 is 0. The summed E-state index contributed by atoms with van der Waals surface area (Å²) in [5.74, 6) is -0.683. The number of rotatable bonds is 4. The Bertz CT molecular complexity index is 498. The summed E-state index contributed by atoms with van der Waals surface area (Å²) in [6, 6.07) is 5.44. The van der Waals surface area contributed by atoms with Gasteiger partial charge in [-0.3, -0.25) is 9.63 Å². The zero-order valence-electron chi connectivity index (χ0n) is 8.88. The van der Waals surface area contributed by atoms with Crippen LogP contribution in [0.25, 0.3) is 0 Å². The number of carbonyl (C=O) groups is 1. The van der Waals surface area contributed by atoms with Crippen LogP contribution in [0.4, 0.5) is 0 Å². The monoisotopic (exact) mass is 244 g/mol. The van der Waals surface area contributed by atoms with Gasteiger partial charge in [-0.25, -0.2) is 8.42 Å². The fourth-order valence-corrected chi connectivity index (χ4v) is 2.08. The summed E-state index contributed by atoms with van der Waals surface area (Å²) in [6.45, 7) is 0. The average Bonchev–Trinajstić information content (AvgIpc) is 2.28. The smallest absolute Gasteiger partial charge is 0.264 e. The Morgan fingerprint density at radius 1 is 1.44 bits per heavy atom. The second-order valence-corrected chi connectivity index (χ2v) is 4.93. The van der Waals surface area contributed by atoms with Crippen LogP contribution < -0.4 is 5.73 Å². The lowest BCUT2D eigenvalue weighted by atomic mass is 10.2. The Balaban J connectivity index is 3.24. The van der Waals surface area contributed by atoms with E-state index in [4.69, 9.17) is 5.73 Å². The maximum atomic E-state index is 11.8. The Morgan fingerprint density at radius 3 is 2.56 bits per heavy atom. The van der Waals surface area contributed by atoms with Gasteiger partial charge in [-0.1, -0.05) is 10.5 Å². The summed E-state index contributed by atoms with van der Waals surface area (Å²) in [6.07, 6.45) is 0. The van der Waals surface area contributed by atoms with E-state index in [0.29, 0.717) is 4.47 Å². The molecular formula is C9H12N2O4S. The molecule has 0 spiro atoms. The summed E-state index contributed by atoms with van der Waals surface area (Å²) in [5, 5.41) is 0. The van der Waals surface area contributed by atoms with E-state index in [1.54, 1.807) is 0 Å². The molecule has 1 aromatic carbocycles. The molecule has 0 fully saturated rings. The highest BCUT2D eigenvalue weighted by atomic mass is 32.2. The van der Waals surface area contributed by atoms with E-state index in [1.165, 1.54) is 38.4 Å². The van der Waals surface area contributed by atoms with Crippen molar-refractivity contribution >= 4 is 15.9 Å². The number of nitrogens with two attached hydrogens (primary N) is 1. The van der Waals surface area contributed by atoms with Gasteiger partial charge >= 0.3 is 0 Å². The van der Waals surface area contributed by atoms with Crippen LogP contribution in [0.1, 0.15) is 10.4 Å². The highest BCUT2D eigenvalue weighted by molar-refractivity contribution is 7.89. The highest BCUT2D eigenvalue weighted by Gasteiger charge is 2.21. The van der Waals surface area contributed by atoms with Crippen molar-refractivity contribution in [3.63, 3.8) is 0 Å². The van der Waals surface area contributed by atoms with Gasteiger partial charge in [0.1, 0.15) is 0 Å². The predicted molar refractivity (Wildman–Crippen MR) is 56.9 cm³/mol. The number of hydrogen-bond donors (Lipinski definition) is 1. The first kappa shape index (κ1) is 12.6. The number of hydroxylamine groups is 1. The van der Waals surface area contributed by atoms with Crippen LogP contribution in [-0.2, 0) is 14.9 Å². The maximum absolute atomic E-state index is 11.8. The van der Waals surface area contributed by atoms with Crippen molar-refractivity contribution in [1.29, 1.82) is 0 Å². The second-order valence-electron chi connectivity index (χ2n) is 2.99. The quantitative estimate of drug-likeness (QED) is 0.753. The van der Waals surface area contributed by atoms with Crippen LogP contribution in [0.5, 0.6) is 0 Å². The van der Waals surface area contributed by atoms with Crippen molar-refractivity contribution in [2.24, 2.45) is 5.73 Å². The fraction of sp³-hybridized carbons (Fsp3) is 0.222. The van der Waals surface area contributed by atoms with E-state index >= 15 is 0 Å². The van der Waals surface area contributed by atoms with Gasteiger partial charge in [0.2, 0.25) is 5.91 Å². The molecule has 1 rings (SSSR count). The third kappa shape index (κ3) is 2.38. The van der Waals surface area contributed by atoms with E-state index in [-0.39, 0.29) is 10.5 Å². The van der Waals surface area contributed by atoms with Gasteiger partial charge in [0.15, 0.2) is 0 Å². The number of sulfonamides is 1. The lowest BCUT2D eigenvalue weighted by molar-refractivity contribution is -0.0258. The SMILES string of the molecule is CON(C)S(=O)(=O)c1cccc(C(N)=O)c1. The van der Waals surface area contributed by atoms with Crippen molar-refractivity contribution in [1.82, 2.24) is 4.47 Å². The first-order valence-corrected chi connectivity index (χ1v) is 5.76. The molecule has 2 N–H and O–H groups in total. The summed E-state index contributed by atoms with van der Waals surface area (Å²) in [4.78, 5) is 15.5. The van der Waals surface area contributed by atoms with Crippen LogP contribution in [0.2, 0.25) is 0 Å². The number of benzene rings is 1. The Kier molecular flexibility index (Phi) is 3.63. The molecule has 1 aromatic rings. The topological polar surface area (TPSA) is 89.7 Å². The first-order valence-electron chi connectivity index (χ1n) is 4.32. The van der Waals surface area contributed by atoms with E-state index in [0.717, 1.165) is 0 Å². The molecule has 16 heavy (non-hydrogen) atoms. The maximum Gasteiger partial charge on any atom is 0.264 e. The fourth-order valence-electron chi connectivity index (χ4n) is 1.06. The molecule has 6 nitrogen and oxygen atoms in total. The van der Waals surface area contributed by atoms with E-state index in [9.17, 15) is 13.2 Å². The number of primary amides is 1. The molecule has 0 radical (unpaired) electrons. The number of carbonyl (C=O) groups excluding carboxylic acids is 1. The molecule has 0 saturated carbocycles. The molecule has 0 unspecified atom stereocenters. The normalized spacial score (nSPS) is 11.7. The van der Waals surface area contributed by atoms with Gasteiger partial charge < -0.3 is 5.73 Å². The third-order valence-electron chi connectivity index (χ3n) is 2.01. The minimum Gasteiger partial charge on any atom is -0.366 e. The van der Waals surface area contributed by atoms with Crippen molar-refractivity contribution in [2.75, 3.05) is 14.2 Å². The number of amides is 1. The minimum absolute atomic E-state index is 0.0480. The van der Waals surface area contributed by atoms with Gasteiger partial charge in [-0.15, -0.1) is 0 Å². The number of nitrogens with zero attached hydrogens (tertiary/aromatic N) is 1. The molecule has 0 aliphatic rings. The Labute approximate surface area is 93.6 Å². The molecule has 7 heteroatoms. The van der Waals surface area contributed by atoms with Crippen molar-refractivity contribution in [3.8, 4) is 0 Å². The average molecular weight is 244 g/mol. The van der Waals surface area contributed by atoms with Crippen LogP contribution in [0.15, 0.2) is 29.2 Å². The minimum atomic E-state index is -3.74. The molecule has 0 aliphatic heterocycles. The van der Waals surface area contributed by atoms with Gasteiger partial charge in [0.05, 0.1) is 12.0 Å². The van der Waals surface area contributed by atoms with Crippen molar-refractivity contribution in [3.05, 3.63) is 29.8 Å². The zero-order chi connectivity index (χ0) is 12.3. The summed E-state index contributed by atoms with van der Waals surface area (Å²) in [7, 11) is -1.25. The number of hydrogen-bond acceptors (Lipinski definition) is 4. The zero-order valence-corrected chi connectivity index (χ0v) is 9.69. The van der Waals surface area contributed by atoms with E-state index in [1.807, 2.05) is 0 Å². The lowest BCUT2D eigenvalue weighted by Gasteiger charge is -2.14. The Morgan fingerprint density at radius 2 is 2.06 bits per heavy atom.